The second-order valence-electron chi connectivity index (χ2n) is 17.8. The van der Waals surface area contributed by atoms with E-state index in [1.165, 1.54) is 0 Å². The number of pyridine rings is 1. The van der Waals surface area contributed by atoms with Crippen molar-refractivity contribution < 1.29 is 33.4 Å². The fraction of sp³-hybridized carbons (Fsp3) is 0.375. The van der Waals surface area contributed by atoms with Gasteiger partial charge >= 0.3 is 0 Å². The Morgan fingerprint density at radius 3 is 1.59 bits per heavy atom. The molecular weight excluding hydrogens is 941 g/mol. The highest BCUT2D eigenvalue weighted by Crippen LogP contribution is 2.25. The number of imidazole rings is 1. The summed E-state index contributed by atoms with van der Waals surface area (Å²) in [5.41, 5.74) is 20.5. The monoisotopic (exact) mass is 996 g/mol. The quantitative estimate of drug-likeness (QED) is 0.101. The van der Waals surface area contributed by atoms with E-state index in [9.17, 15) is 24.0 Å². The summed E-state index contributed by atoms with van der Waals surface area (Å²) in [6, 6.07) is 17.3. The molecular formula is C48H56N18O7. The van der Waals surface area contributed by atoms with Crippen LogP contribution in [0.5, 0.6) is 0 Å². The van der Waals surface area contributed by atoms with Crippen LogP contribution in [-0.2, 0) is 9.47 Å². The standard InChI is InChI=1S/C28H30N10O4.C20H26N8O3/c29-24(39)23-25(31-20-6-3-18(4-7-20)27(41)36-12-14-42-15-13-36)33-28(35-34-23)38-10-1-2-21(17-38)32-26(40)19-5-8-22-30-9-11-37(22)16-19;21-14-2-1-7-28(12-14)20-24-18(16(17(22)29)25-26-20)23-15-5-3-13(4-6-15)19(30)27-8-10-31-11-9-27/h3-9,11,16,21H,1-2,10,12-15,17H2,(H2,29,39)(H,32,40)(H,31,33,35);3-6,14H,1-2,7-12,21H2,(H2,22,29)(H,23,24,26)/t21-;14-/m11/s1. The molecule has 0 radical (unpaired) electrons. The third-order valence-corrected chi connectivity index (χ3v) is 12.6. The first-order chi connectivity index (χ1) is 35.4. The van der Waals surface area contributed by atoms with E-state index in [4.69, 9.17) is 26.7 Å². The number of primary amides is 2. The molecule has 25 nitrogen and oxygen atoms in total. The van der Waals surface area contributed by atoms with Crippen LogP contribution in [0.25, 0.3) is 5.65 Å². The van der Waals surface area contributed by atoms with Gasteiger partial charge in [0.15, 0.2) is 23.0 Å². The highest BCUT2D eigenvalue weighted by molar-refractivity contribution is 5.98. The molecule has 4 fully saturated rings. The molecule has 8 heterocycles. The molecule has 4 aliphatic rings. The number of hydrogen-bond acceptors (Lipinski definition) is 19. The minimum Gasteiger partial charge on any atom is -0.378 e. The number of fused-ring (bicyclic) bond motifs is 1. The average molecular weight is 997 g/mol. The van der Waals surface area contributed by atoms with Crippen LogP contribution in [0.1, 0.15) is 77.7 Å². The predicted octanol–water partition coefficient (Wildman–Crippen LogP) is 1.35. The topological polar surface area (TPSA) is 326 Å². The van der Waals surface area contributed by atoms with Crippen LogP contribution in [0.3, 0.4) is 0 Å². The molecule has 10 rings (SSSR count). The van der Waals surface area contributed by atoms with Crippen LogP contribution in [0.4, 0.5) is 34.9 Å². The number of carbonyl (C=O) groups excluding carboxylic acids is 5. The Balaban J connectivity index is 0.000000188. The van der Waals surface area contributed by atoms with E-state index in [-0.39, 0.29) is 52.8 Å². The summed E-state index contributed by atoms with van der Waals surface area (Å²) in [4.78, 5) is 82.9. The lowest BCUT2D eigenvalue weighted by Gasteiger charge is -2.33. The molecule has 0 spiro atoms. The maximum Gasteiger partial charge on any atom is 0.273 e. The molecule has 0 saturated carbocycles. The van der Waals surface area contributed by atoms with Crippen LogP contribution in [0.2, 0.25) is 0 Å². The van der Waals surface area contributed by atoms with Gasteiger partial charge in [-0.1, -0.05) is 0 Å². The summed E-state index contributed by atoms with van der Waals surface area (Å²) < 4.78 is 12.4. The first-order valence-corrected chi connectivity index (χ1v) is 24.0. The summed E-state index contributed by atoms with van der Waals surface area (Å²) in [6.45, 7) is 6.92. The van der Waals surface area contributed by atoms with Gasteiger partial charge in [0.05, 0.1) is 32.0 Å². The molecule has 0 bridgehead atoms. The number of benzene rings is 2. The molecule has 25 heteroatoms. The van der Waals surface area contributed by atoms with E-state index < -0.39 is 11.8 Å². The normalized spacial score (nSPS) is 18.0. The molecule has 0 unspecified atom stereocenters. The number of hydrogen-bond donors (Lipinski definition) is 6. The Morgan fingerprint density at radius 1 is 0.589 bits per heavy atom. The van der Waals surface area contributed by atoms with Crippen LogP contribution >= 0.6 is 0 Å². The molecule has 6 aromatic rings. The second-order valence-corrected chi connectivity index (χ2v) is 17.8. The van der Waals surface area contributed by atoms with Crippen molar-refractivity contribution in [2.45, 2.75) is 37.8 Å². The van der Waals surface area contributed by atoms with Crippen molar-refractivity contribution in [2.75, 3.05) is 99.2 Å². The Labute approximate surface area is 418 Å². The summed E-state index contributed by atoms with van der Waals surface area (Å²) in [6.07, 6.45) is 8.69. The number of nitrogens with one attached hydrogen (secondary N) is 3. The van der Waals surface area contributed by atoms with E-state index in [2.05, 4.69) is 51.3 Å². The van der Waals surface area contributed by atoms with Gasteiger partial charge in [0, 0.05) is 106 Å². The molecule has 4 saturated heterocycles. The summed E-state index contributed by atoms with van der Waals surface area (Å²) in [5.74, 6) is -0.739. The van der Waals surface area contributed by atoms with Gasteiger partial charge in [0.2, 0.25) is 11.9 Å². The number of rotatable bonds is 12. The van der Waals surface area contributed by atoms with E-state index in [1.54, 1.807) is 93.5 Å². The number of amides is 5. The minimum atomic E-state index is -0.776. The average Bonchev–Trinajstić information content (AvgIpc) is 3.90. The highest BCUT2D eigenvalue weighted by atomic mass is 16.5. The minimum absolute atomic E-state index is 0.0416. The molecule has 2 atom stereocenters. The van der Waals surface area contributed by atoms with Crippen LogP contribution in [0.15, 0.2) is 79.3 Å². The van der Waals surface area contributed by atoms with Crippen molar-refractivity contribution in [2.24, 2.45) is 17.2 Å². The number of nitrogens with zero attached hydrogens (tertiary/aromatic N) is 12. The highest BCUT2D eigenvalue weighted by Gasteiger charge is 2.27. The third-order valence-electron chi connectivity index (χ3n) is 12.6. The van der Waals surface area contributed by atoms with Gasteiger partial charge in [-0.3, -0.25) is 24.0 Å². The number of carbonyl (C=O) groups is 5. The Bertz CT molecular complexity index is 2950. The largest absolute Gasteiger partial charge is 0.378 e. The lowest BCUT2D eigenvalue weighted by molar-refractivity contribution is 0.0301. The molecule has 2 aromatic carbocycles. The molecule has 0 aliphatic carbocycles. The maximum absolute atomic E-state index is 13.0. The maximum atomic E-state index is 13.0. The first kappa shape index (κ1) is 49.6. The number of morpholine rings is 2. The van der Waals surface area contributed by atoms with Gasteiger partial charge < -0.3 is 66.6 Å². The van der Waals surface area contributed by atoms with Gasteiger partial charge in [-0.2, -0.15) is 9.97 Å². The smallest absolute Gasteiger partial charge is 0.273 e. The molecule has 73 heavy (non-hydrogen) atoms. The number of aromatic nitrogens is 8. The van der Waals surface area contributed by atoms with Gasteiger partial charge in [0.1, 0.15) is 5.65 Å². The zero-order valence-electron chi connectivity index (χ0n) is 39.9. The van der Waals surface area contributed by atoms with Crippen LogP contribution in [-0.4, -0.2) is 170 Å². The number of piperidine rings is 2. The van der Waals surface area contributed by atoms with Crippen molar-refractivity contribution in [3.8, 4) is 0 Å². The number of anilines is 6. The van der Waals surface area contributed by atoms with Gasteiger partial charge in [-0.25, -0.2) is 4.98 Å². The molecule has 5 amide bonds. The van der Waals surface area contributed by atoms with Crippen LogP contribution < -0.4 is 43.0 Å². The zero-order valence-corrected chi connectivity index (χ0v) is 39.9. The Morgan fingerprint density at radius 2 is 1.08 bits per heavy atom. The lowest BCUT2D eigenvalue weighted by Crippen LogP contribution is -2.48. The van der Waals surface area contributed by atoms with E-state index >= 15 is 0 Å². The fourth-order valence-electron chi connectivity index (χ4n) is 8.76. The lowest BCUT2D eigenvalue weighted by atomic mass is 10.1. The summed E-state index contributed by atoms with van der Waals surface area (Å²) >= 11 is 0. The Kier molecular flexibility index (Phi) is 15.5. The summed E-state index contributed by atoms with van der Waals surface area (Å²) in [7, 11) is 0. The van der Waals surface area contributed by atoms with Crippen LogP contribution in [0, 0.1) is 0 Å². The van der Waals surface area contributed by atoms with E-state index in [1.807, 2.05) is 9.80 Å². The van der Waals surface area contributed by atoms with Crippen molar-refractivity contribution in [1.82, 2.24) is 54.9 Å². The first-order valence-electron chi connectivity index (χ1n) is 24.0. The van der Waals surface area contributed by atoms with Gasteiger partial charge in [-0.05, 0) is 86.3 Å². The van der Waals surface area contributed by atoms with E-state index in [0.29, 0.717) is 112 Å². The van der Waals surface area contributed by atoms with Gasteiger partial charge in [0.25, 0.3) is 29.5 Å². The van der Waals surface area contributed by atoms with Crippen molar-refractivity contribution >= 4 is 70.1 Å². The van der Waals surface area contributed by atoms with Crippen molar-refractivity contribution in [1.29, 1.82) is 0 Å². The second kappa shape index (κ2) is 22.8. The molecule has 4 aliphatic heterocycles. The van der Waals surface area contributed by atoms with Crippen molar-refractivity contribution in [3.63, 3.8) is 0 Å². The fourth-order valence-corrected chi connectivity index (χ4v) is 8.76. The SMILES string of the molecule is NC(=O)c1nnc(N2CCC[C@@H](N)C2)nc1Nc1ccc(C(=O)N2CCOCC2)cc1.NC(=O)c1nnc(N2CCC[C@@H](NC(=O)c3ccc4nccn4c3)C2)nc1Nc1ccc(C(=O)N2CCOCC2)cc1. The van der Waals surface area contributed by atoms with Crippen molar-refractivity contribution in [3.05, 3.63) is 107 Å². The molecule has 9 N–H and O–H groups in total. The van der Waals surface area contributed by atoms with E-state index in [0.717, 1.165) is 37.9 Å². The van der Waals surface area contributed by atoms with Gasteiger partial charge in [-0.15, -0.1) is 20.4 Å². The molecule has 380 valence electrons. The third kappa shape index (κ3) is 12.2. The number of nitrogens with two attached hydrogens (primary N) is 3. The zero-order chi connectivity index (χ0) is 50.8. The number of ether oxygens (including phenoxy) is 2. The summed E-state index contributed by atoms with van der Waals surface area (Å²) in [5, 5.41) is 25.5. The molecule has 4 aromatic heterocycles. The predicted molar refractivity (Wildman–Crippen MR) is 267 cm³/mol. The Hall–Kier alpha value is -8.42.